The molecular weight excluding hydrogens is 216 g/mol. The largest absolute Gasteiger partial charge is 0.489 e. The van der Waals surface area contributed by atoms with E-state index in [9.17, 15) is 14.7 Å². The lowest BCUT2D eigenvalue weighted by Crippen LogP contribution is -2.51. The number of carbonyl (C=O) groups is 2. The van der Waals surface area contributed by atoms with Crippen LogP contribution in [0.15, 0.2) is 30.3 Å². The minimum Gasteiger partial charge on any atom is -0.489 e. The molecule has 1 aromatic carbocycles. The first-order valence-electron chi connectivity index (χ1n) is 4.34. The summed E-state index contributed by atoms with van der Waals surface area (Å²) in [6.07, 6.45) is 0. The van der Waals surface area contributed by atoms with Crippen LogP contribution in [-0.2, 0) is 9.59 Å². The number of hydrogen-bond acceptors (Lipinski definition) is 4. The van der Waals surface area contributed by atoms with Crippen LogP contribution in [0.1, 0.15) is 0 Å². The molecule has 3 N–H and O–H groups in total. The first kappa shape index (κ1) is 12.0. The van der Waals surface area contributed by atoms with Gasteiger partial charge in [-0.3, -0.25) is 0 Å². The maximum Gasteiger partial charge on any atom is 0.351 e. The summed E-state index contributed by atoms with van der Waals surface area (Å²) < 4.78 is 4.88. The predicted octanol–water partition coefficient (Wildman–Crippen LogP) is -0.0343. The second-order valence-corrected chi connectivity index (χ2v) is 3.07. The summed E-state index contributed by atoms with van der Waals surface area (Å²) in [4.78, 5) is 21.1. The Morgan fingerprint density at radius 3 is 2.06 bits per heavy atom. The average Bonchev–Trinajstić information content (AvgIpc) is 2.26. The fraction of sp³-hybridized carbons (Fsp3) is 0.200. The van der Waals surface area contributed by atoms with Crippen LogP contribution in [0.3, 0.4) is 0 Å². The van der Waals surface area contributed by atoms with E-state index < -0.39 is 24.1 Å². The number of rotatable bonds is 5. The summed E-state index contributed by atoms with van der Waals surface area (Å²) in [6, 6.07) is 8.02. The van der Waals surface area contributed by atoms with Gasteiger partial charge in [-0.25, -0.2) is 9.59 Å². The van der Waals surface area contributed by atoms with Gasteiger partial charge in [-0.2, -0.15) is 0 Å². The van der Waals surface area contributed by atoms with Gasteiger partial charge in [0.15, 0.2) is 0 Å². The molecule has 6 nitrogen and oxygen atoms in total. The Labute approximate surface area is 90.7 Å². The van der Waals surface area contributed by atoms with E-state index in [-0.39, 0.29) is 5.75 Å². The molecule has 16 heavy (non-hydrogen) atoms. The molecule has 0 spiro atoms. The van der Waals surface area contributed by atoms with Gasteiger partial charge in [0.25, 0.3) is 5.60 Å². The maximum atomic E-state index is 10.6. The van der Waals surface area contributed by atoms with Crippen molar-refractivity contribution in [1.82, 2.24) is 0 Å². The number of carboxylic acids is 2. The van der Waals surface area contributed by atoms with Crippen LogP contribution in [0.5, 0.6) is 5.75 Å². The van der Waals surface area contributed by atoms with Gasteiger partial charge in [0.1, 0.15) is 12.4 Å². The highest BCUT2D eigenvalue weighted by molar-refractivity contribution is 6.01. The molecule has 0 bridgehead atoms. The van der Waals surface area contributed by atoms with E-state index >= 15 is 0 Å². The van der Waals surface area contributed by atoms with Crippen molar-refractivity contribution in [3.05, 3.63) is 30.3 Å². The number of aliphatic hydroxyl groups is 1. The first-order chi connectivity index (χ1) is 7.47. The second kappa shape index (κ2) is 4.63. The summed E-state index contributed by atoms with van der Waals surface area (Å²) in [5.74, 6) is -3.45. The van der Waals surface area contributed by atoms with E-state index in [1.54, 1.807) is 18.2 Å². The molecule has 1 aromatic rings. The summed E-state index contributed by atoms with van der Waals surface area (Å²) in [7, 11) is 0. The number of ether oxygens (including phenoxy) is 1. The Kier molecular flexibility index (Phi) is 3.47. The van der Waals surface area contributed by atoms with Crippen LogP contribution in [-0.4, -0.2) is 39.5 Å². The monoisotopic (exact) mass is 226 g/mol. The lowest BCUT2D eigenvalue weighted by molar-refractivity contribution is -0.179. The fourth-order valence-electron chi connectivity index (χ4n) is 0.919. The van der Waals surface area contributed by atoms with Crippen molar-refractivity contribution in [2.45, 2.75) is 5.60 Å². The van der Waals surface area contributed by atoms with Gasteiger partial charge in [-0.05, 0) is 12.1 Å². The molecular formula is C10H10O6. The fourth-order valence-corrected chi connectivity index (χ4v) is 0.919. The average molecular weight is 226 g/mol. The normalized spacial score (nSPS) is 10.8. The molecule has 0 unspecified atom stereocenters. The van der Waals surface area contributed by atoms with E-state index in [2.05, 4.69) is 0 Å². The standard InChI is InChI=1S/C10H10O6/c11-8(12)10(15,9(13)14)6-16-7-4-2-1-3-5-7/h1-5,15H,6H2,(H,11,12)(H,13,14). The maximum absolute atomic E-state index is 10.6. The number of benzene rings is 1. The van der Waals surface area contributed by atoms with Gasteiger partial charge in [0.2, 0.25) is 0 Å². The lowest BCUT2D eigenvalue weighted by Gasteiger charge is -2.18. The third-order valence-corrected chi connectivity index (χ3v) is 1.90. The van der Waals surface area contributed by atoms with Gasteiger partial charge >= 0.3 is 11.9 Å². The topological polar surface area (TPSA) is 104 Å². The van der Waals surface area contributed by atoms with Crippen molar-refractivity contribution in [1.29, 1.82) is 0 Å². The van der Waals surface area contributed by atoms with E-state index in [0.717, 1.165) is 0 Å². The summed E-state index contributed by atoms with van der Waals surface area (Å²) >= 11 is 0. The SMILES string of the molecule is O=C(O)C(O)(COc1ccccc1)C(=O)O. The molecule has 1 rings (SSSR count). The number of hydrogen-bond donors (Lipinski definition) is 3. The molecule has 86 valence electrons. The van der Waals surface area contributed by atoms with Crippen LogP contribution in [0.4, 0.5) is 0 Å². The van der Waals surface area contributed by atoms with Crippen LogP contribution in [0, 0.1) is 0 Å². The zero-order valence-corrected chi connectivity index (χ0v) is 8.16. The third kappa shape index (κ3) is 2.48. The van der Waals surface area contributed by atoms with Crippen molar-refractivity contribution in [2.75, 3.05) is 6.61 Å². The molecule has 0 aliphatic carbocycles. The Balaban J connectivity index is 2.72. The Hall–Kier alpha value is -2.08. The van der Waals surface area contributed by atoms with Crippen LogP contribution in [0.25, 0.3) is 0 Å². The molecule has 0 amide bonds. The highest BCUT2D eigenvalue weighted by atomic mass is 16.5. The molecule has 6 heteroatoms. The first-order valence-corrected chi connectivity index (χ1v) is 4.34. The minimum atomic E-state index is -2.93. The third-order valence-electron chi connectivity index (χ3n) is 1.90. The second-order valence-electron chi connectivity index (χ2n) is 3.07. The van der Waals surface area contributed by atoms with Gasteiger partial charge < -0.3 is 20.1 Å². The molecule has 0 heterocycles. The molecule has 0 aliphatic heterocycles. The smallest absolute Gasteiger partial charge is 0.351 e. The van der Waals surface area contributed by atoms with Crippen molar-refractivity contribution in [3.63, 3.8) is 0 Å². The van der Waals surface area contributed by atoms with Gasteiger partial charge in [-0.1, -0.05) is 18.2 Å². The van der Waals surface area contributed by atoms with Crippen LogP contribution >= 0.6 is 0 Å². The predicted molar refractivity (Wildman–Crippen MR) is 52.2 cm³/mol. The van der Waals surface area contributed by atoms with Crippen LogP contribution < -0.4 is 4.74 Å². The van der Waals surface area contributed by atoms with E-state index in [1.165, 1.54) is 12.1 Å². The molecule has 0 atom stereocenters. The lowest BCUT2D eigenvalue weighted by atomic mass is 10.1. The molecule has 0 fully saturated rings. The van der Waals surface area contributed by atoms with Crippen molar-refractivity contribution < 1.29 is 29.6 Å². The Morgan fingerprint density at radius 2 is 1.62 bits per heavy atom. The van der Waals surface area contributed by atoms with Gasteiger partial charge in [0.05, 0.1) is 0 Å². The van der Waals surface area contributed by atoms with E-state index in [1.807, 2.05) is 0 Å². The summed E-state index contributed by atoms with van der Waals surface area (Å²) in [5, 5.41) is 26.4. The van der Waals surface area contributed by atoms with E-state index in [4.69, 9.17) is 14.9 Å². The zero-order chi connectivity index (χ0) is 12.2. The molecule has 0 radical (unpaired) electrons. The highest BCUT2D eigenvalue weighted by Crippen LogP contribution is 2.13. The highest BCUT2D eigenvalue weighted by Gasteiger charge is 2.46. The van der Waals surface area contributed by atoms with Crippen molar-refractivity contribution in [3.8, 4) is 5.75 Å². The minimum absolute atomic E-state index is 0.281. The van der Waals surface area contributed by atoms with Crippen molar-refractivity contribution in [2.24, 2.45) is 0 Å². The summed E-state index contributed by atoms with van der Waals surface area (Å²) in [6.45, 7) is -0.859. The molecule has 0 saturated heterocycles. The van der Waals surface area contributed by atoms with Gasteiger partial charge in [0, 0.05) is 0 Å². The zero-order valence-electron chi connectivity index (χ0n) is 8.16. The molecule has 0 aliphatic rings. The number of carboxylic acid groups (broad SMARTS) is 2. The van der Waals surface area contributed by atoms with Crippen molar-refractivity contribution >= 4 is 11.9 Å². The number of aliphatic carboxylic acids is 2. The molecule has 0 saturated carbocycles. The Morgan fingerprint density at radius 1 is 1.12 bits per heavy atom. The quantitative estimate of drug-likeness (QED) is 0.609. The Bertz CT molecular complexity index is 372. The number of para-hydroxylation sites is 1. The van der Waals surface area contributed by atoms with E-state index in [0.29, 0.717) is 0 Å². The van der Waals surface area contributed by atoms with Gasteiger partial charge in [-0.15, -0.1) is 0 Å². The molecule has 0 aromatic heterocycles. The summed E-state index contributed by atoms with van der Waals surface area (Å²) in [5.41, 5.74) is -2.93. The van der Waals surface area contributed by atoms with Crippen LogP contribution in [0.2, 0.25) is 0 Å².